The molecule has 1 fully saturated rings. The van der Waals surface area contributed by atoms with Gasteiger partial charge >= 0.3 is 0 Å². The molecule has 1 aromatic rings. The summed E-state index contributed by atoms with van der Waals surface area (Å²) in [5.41, 5.74) is 0. The SMILES string of the molecule is CCNC(=NCC(=O)N(C)C)N1CCN(c2ccccn2)CC1.I. The zero-order valence-corrected chi connectivity index (χ0v) is 16.9. The van der Waals surface area contributed by atoms with E-state index < -0.39 is 0 Å². The van der Waals surface area contributed by atoms with Gasteiger partial charge in [-0.15, -0.1) is 24.0 Å². The number of carbonyl (C=O) groups excluding carboxylic acids is 1. The Balaban J connectivity index is 0.00000288. The first-order valence-corrected chi connectivity index (χ1v) is 8.01. The first-order valence-electron chi connectivity index (χ1n) is 8.01. The van der Waals surface area contributed by atoms with Gasteiger partial charge < -0.3 is 20.0 Å². The molecule has 0 unspecified atom stereocenters. The highest BCUT2D eigenvalue weighted by molar-refractivity contribution is 14.0. The lowest BCUT2D eigenvalue weighted by Gasteiger charge is -2.37. The molecule has 0 aliphatic carbocycles. The molecule has 0 saturated carbocycles. The number of anilines is 1. The third-order valence-electron chi connectivity index (χ3n) is 3.75. The van der Waals surface area contributed by atoms with Crippen LogP contribution in [0.1, 0.15) is 6.92 Å². The number of nitrogens with zero attached hydrogens (tertiary/aromatic N) is 5. The van der Waals surface area contributed by atoms with Gasteiger partial charge in [0.25, 0.3) is 0 Å². The fourth-order valence-electron chi connectivity index (χ4n) is 2.40. The van der Waals surface area contributed by atoms with Gasteiger partial charge in [0.2, 0.25) is 5.91 Å². The van der Waals surface area contributed by atoms with Gasteiger partial charge in [0.05, 0.1) is 0 Å². The molecule has 1 amide bonds. The Morgan fingerprint density at radius 3 is 2.54 bits per heavy atom. The molecule has 2 rings (SSSR count). The van der Waals surface area contributed by atoms with E-state index in [4.69, 9.17) is 0 Å². The van der Waals surface area contributed by atoms with Gasteiger partial charge in [0, 0.05) is 53.0 Å². The van der Waals surface area contributed by atoms with Crippen LogP contribution in [-0.2, 0) is 4.79 Å². The van der Waals surface area contributed by atoms with E-state index in [2.05, 4.69) is 25.1 Å². The number of carbonyl (C=O) groups is 1. The third-order valence-corrected chi connectivity index (χ3v) is 3.75. The molecule has 2 heterocycles. The van der Waals surface area contributed by atoms with Crippen LogP contribution in [-0.4, -0.2) is 80.0 Å². The Bertz CT molecular complexity index is 529. The Kier molecular flexibility index (Phi) is 8.80. The molecule has 0 aromatic carbocycles. The van der Waals surface area contributed by atoms with Crippen molar-refractivity contribution in [2.24, 2.45) is 4.99 Å². The molecule has 1 aliphatic heterocycles. The number of aliphatic imine (C=N–C) groups is 1. The predicted octanol–water partition coefficient (Wildman–Crippen LogP) is 0.875. The van der Waals surface area contributed by atoms with Crippen molar-refractivity contribution in [3.63, 3.8) is 0 Å². The van der Waals surface area contributed by atoms with E-state index in [-0.39, 0.29) is 36.4 Å². The van der Waals surface area contributed by atoms with Gasteiger partial charge in [0.1, 0.15) is 12.4 Å². The van der Waals surface area contributed by atoms with Gasteiger partial charge in [-0.25, -0.2) is 9.98 Å². The average Bonchev–Trinajstić information content (AvgIpc) is 2.59. The summed E-state index contributed by atoms with van der Waals surface area (Å²) in [6, 6.07) is 5.97. The molecule has 7 nitrogen and oxygen atoms in total. The minimum absolute atomic E-state index is 0. The number of likely N-dealkylation sites (N-methyl/N-ethyl adjacent to an activating group) is 1. The highest BCUT2D eigenvalue weighted by Gasteiger charge is 2.20. The van der Waals surface area contributed by atoms with Crippen molar-refractivity contribution in [2.45, 2.75) is 6.92 Å². The molecule has 1 aliphatic rings. The minimum Gasteiger partial charge on any atom is -0.357 e. The van der Waals surface area contributed by atoms with Crippen LogP contribution >= 0.6 is 24.0 Å². The molecule has 1 aromatic heterocycles. The molecular weight excluding hydrogens is 419 g/mol. The molecule has 0 atom stereocenters. The van der Waals surface area contributed by atoms with Crippen LogP contribution in [0.25, 0.3) is 0 Å². The number of rotatable bonds is 4. The molecule has 134 valence electrons. The van der Waals surface area contributed by atoms with Gasteiger partial charge in [-0.3, -0.25) is 4.79 Å². The number of piperazine rings is 1. The highest BCUT2D eigenvalue weighted by Crippen LogP contribution is 2.12. The van der Waals surface area contributed by atoms with Crippen molar-refractivity contribution in [1.82, 2.24) is 20.1 Å². The molecule has 0 spiro atoms. The zero-order chi connectivity index (χ0) is 16.7. The van der Waals surface area contributed by atoms with E-state index in [1.165, 1.54) is 0 Å². The van der Waals surface area contributed by atoms with Crippen molar-refractivity contribution in [1.29, 1.82) is 0 Å². The number of guanidine groups is 1. The fourth-order valence-corrected chi connectivity index (χ4v) is 2.40. The number of pyridine rings is 1. The van der Waals surface area contributed by atoms with Crippen molar-refractivity contribution in [2.75, 3.05) is 58.3 Å². The van der Waals surface area contributed by atoms with Gasteiger partial charge in [-0.2, -0.15) is 0 Å². The lowest BCUT2D eigenvalue weighted by Crippen LogP contribution is -2.53. The van der Waals surface area contributed by atoms with Crippen LogP contribution in [0.15, 0.2) is 29.4 Å². The molecule has 0 bridgehead atoms. The number of nitrogens with one attached hydrogen (secondary N) is 1. The third kappa shape index (κ3) is 5.81. The normalized spacial score (nSPS) is 14.9. The van der Waals surface area contributed by atoms with Crippen molar-refractivity contribution >= 4 is 41.7 Å². The smallest absolute Gasteiger partial charge is 0.243 e. The van der Waals surface area contributed by atoms with Crippen LogP contribution in [0.3, 0.4) is 0 Å². The molecule has 0 radical (unpaired) electrons. The van der Waals surface area contributed by atoms with E-state index >= 15 is 0 Å². The summed E-state index contributed by atoms with van der Waals surface area (Å²) < 4.78 is 0. The summed E-state index contributed by atoms with van der Waals surface area (Å²) in [4.78, 5) is 26.6. The van der Waals surface area contributed by atoms with Crippen molar-refractivity contribution in [3.05, 3.63) is 24.4 Å². The number of aromatic nitrogens is 1. The molecule has 1 N–H and O–H groups in total. The summed E-state index contributed by atoms with van der Waals surface area (Å²) in [7, 11) is 3.49. The topological polar surface area (TPSA) is 64.1 Å². The molecular formula is C16H27IN6O. The summed E-state index contributed by atoms with van der Waals surface area (Å²) in [6.45, 7) is 6.50. The van der Waals surface area contributed by atoms with Crippen LogP contribution in [0.5, 0.6) is 0 Å². The quantitative estimate of drug-likeness (QED) is 0.423. The predicted molar refractivity (Wildman–Crippen MR) is 108 cm³/mol. The number of hydrogen-bond donors (Lipinski definition) is 1. The lowest BCUT2D eigenvalue weighted by molar-refractivity contribution is -0.127. The summed E-state index contributed by atoms with van der Waals surface area (Å²) >= 11 is 0. The Morgan fingerprint density at radius 1 is 1.29 bits per heavy atom. The van der Waals surface area contributed by atoms with Crippen LogP contribution in [0.4, 0.5) is 5.82 Å². The van der Waals surface area contributed by atoms with E-state index in [1.807, 2.05) is 31.3 Å². The van der Waals surface area contributed by atoms with E-state index in [0.29, 0.717) is 0 Å². The lowest BCUT2D eigenvalue weighted by atomic mass is 10.3. The van der Waals surface area contributed by atoms with E-state index in [9.17, 15) is 4.79 Å². The van der Waals surface area contributed by atoms with Gasteiger partial charge in [0.15, 0.2) is 5.96 Å². The van der Waals surface area contributed by atoms with Crippen molar-refractivity contribution < 1.29 is 4.79 Å². The second-order valence-electron chi connectivity index (χ2n) is 5.62. The van der Waals surface area contributed by atoms with Gasteiger partial charge in [-0.1, -0.05) is 6.07 Å². The summed E-state index contributed by atoms with van der Waals surface area (Å²) in [6.07, 6.45) is 1.82. The second-order valence-corrected chi connectivity index (χ2v) is 5.62. The maximum atomic E-state index is 11.7. The monoisotopic (exact) mass is 446 g/mol. The maximum Gasteiger partial charge on any atom is 0.243 e. The Hall–Kier alpha value is -1.58. The van der Waals surface area contributed by atoms with Crippen LogP contribution < -0.4 is 10.2 Å². The van der Waals surface area contributed by atoms with Crippen LogP contribution in [0, 0.1) is 0 Å². The first kappa shape index (κ1) is 20.5. The average molecular weight is 446 g/mol. The number of halogens is 1. The fraction of sp³-hybridized carbons (Fsp3) is 0.562. The largest absolute Gasteiger partial charge is 0.357 e. The molecule has 24 heavy (non-hydrogen) atoms. The summed E-state index contributed by atoms with van der Waals surface area (Å²) in [5.74, 6) is 1.83. The maximum absolute atomic E-state index is 11.7. The summed E-state index contributed by atoms with van der Waals surface area (Å²) in [5, 5.41) is 3.27. The Morgan fingerprint density at radius 2 is 2.00 bits per heavy atom. The first-order chi connectivity index (χ1) is 11.1. The second kappa shape index (κ2) is 10.3. The van der Waals surface area contributed by atoms with Crippen molar-refractivity contribution in [3.8, 4) is 0 Å². The molecule has 8 heteroatoms. The number of hydrogen-bond acceptors (Lipinski definition) is 4. The van der Waals surface area contributed by atoms with Gasteiger partial charge in [-0.05, 0) is 19.1 Å². The zero-order valence-electron chi connectivity index (χ0n) is 14.6. The standard InChI is InChI=1S/C16H26N6O.HI/c1-4-17-16(19-13-15(23)20(2)3)22-11-9-21(10-12-22)14-7-5-6-8-18-14;/h5-8H,4,9-13H2,1-3H3,(H,17,19);1H. The van der Waals surface area contributed by atoms with E-state index in [1.54, 1.807) is 19.0 Å². The van der Waals surface area contributed by atoms with Crippen LogP contribution in [0.2, 0.25) is 0 Å². The highest BCUT2D eigenvalue weighted by atomic mass is 127. The Labute approximate surface area is 161 Å². The minimum atomic E-state index is 0. The number of amides is 1. The van der Waals surface area contributed by atoms with E-state index in [0.717, 1.165) is 44.5 Å². The molecule has 1 saturated heterocycles.